The summed E-state index contributed by atoms with van der Waals surface area (Å²) in [4.78, 5) is 23.7. The number of carbonyl (C=O) groups excluding carboxylic acids is 1. The molecule has 0 saturated carbocycles. The number of carboxylic acid groups (broad SMARTS) is 1. The van der Waals surface area contributed by atoms with Crippen molar-refractivity contribution in [2.75, 3.05) is 0 Å². The smallest absolute Gasteiger partial charge is 0.480 e. The molecule has 1 unspecified atom stereocenters. The number of aliphatic carboxylic acids is 1. The number of amides is 1. The monoisotopic (exact) mass is 335 g/mol. The van der Waals surface area contributed by atoms with Gasteiger partial charge in [0.25, 0.3) is 0 Å². The van der Waals surface area contributed by atoms with E-state index in [0.717, 1.165) is 12.0 Å². The lowest BCUT2D eigenvalue weighted by Crippen LogP contribution is -2.47. The fourth-order valence-electron chi connectivity index (χ4n) is 2.57. The van der Waals surface area contributed by atoms with E-state index >= 15 is 0 Å². The van der Waals surface area contributed by atoms with Crippen molar-refractivity contribution in [1.82, 2.24) is 5.32 Å². The van der Waals surface area contributed by atoms with Gasteiger partial charge < -0.3 is 20.5 Å². The van der Waals surface area contributed by atoms with Gasteiger partial charge >= 0.3 is 13.1 Å². The van der Waals surface area contributed by atoms with Gasteiger partial charge in [0.05, 0.1) is 0 Å². The SMILES string of the molecule is CCCC(Cc1ccc(B(O)O)cc1)C(=O)N[C@H](C(=O)O)C(C)C. The van der Waals surface area contributed by atoms with Gasteiger partial charge in [0.2, 0.25) is 5.91 Å². The normalized spacial score (nSPS) is 13.4. The molecule has 0 saturated heterocycles. The van der Waals surface area contributed by atoms with E-state index in [4.69, 9.17) is 10.0 Å². The molecule has 6 nitrogen and oxygen atoms in total. The highest BCUT2D eigenvalue weighted by molar-refractivity contribution is 6.58. The summed E-state index contributed by atoms with van der Waals surface area (Å²) in [7, 11) is -1.52. The number of carbonyl (C=O) groups is 2. The molecule has 0 aromatic heterocycles. The van der Waals surface area contributed by atoms with Crippen molar-refractivity contribution < 1.29 is 24.7 Å². The first kappa shape index (κ1) is 20.2. The second kappa shape index (κ2) is 9.44. The number of rotatable bonds is 9. The molecule has 0 aliphatic carbocycles. The van der Waals surface area contributed by atoms with Crippen molar-refractivity contribution in [3.05, 3.63) is 29.8 Å². The van der Waals surface area contributed by atoms with Crippen LogP contribution < -0.4 is 10.8 Å². The second-order valence-electron chi connectivity index (χ2n) is 6.37. The van der Waals surface area contributed by atoms with Crippen LogP contribution in [0.1, 0.15) is 39.2 Å². The number of nitrogens with one attached hydrogen (secondary N) is 1. The summed E-state index contributed by atoms with van der Waals surface area (Å²) >= 11 is 0. The Balaban J connectivity index is 2.81. The Morgan fingerprint density at radius 2 is 1.75 bits per heavy atom. The maximum absolute atomic E-state index is 12.5. The minimum absolute atomic E-state index is 0.195. The summed E-state index contributed by atoms with van der Waals surface area (Å²) in [5, 5.41) is 30.1. The number of hydrogen-bond donors (Lipinski definition) is 4. The van der Waals surface area contributed by atoms with Gasteiger partial charge in [-0.05, 0) is 29.8 Å². The minimum atomic E-state index is -1.52. The van der Waals surface area contributed by atoms with Crippen LogP contribution in [0.15, 0.2) is 24.3 Å². The van der Waals surface area contributed by atoms with Crippen molar-refractivity contribution in [1.29, 1.82) is 0 Å². The fourth-order valence-corrected chi connectivity index (χ4v) is 2.57. The van der Waals surface area contributed by atoms with Gasteiger partial charge in [-0.2, -0.15) is 0 Å². The van der Waals surface area contributed by atoms with E-state index in [1.54, 1.807) is 38.1 Å². The molecule has 132 valence electrons. The molecular formula is C17H26BNO5. The van der Waals surface area contributed by atoms with Crippen molar-refractivity contribution >= 4 is 24.5 Å². The average molecular weight is 335 g/mol. The van der Waals surface area contributed by atoms with E-state index in [1.165, 1.54) is 0 Å². The van der Waals surface area contributed by atoms with E-state index in [2.05, 4.69) is 5.32 Å². The van der Waals surface area contributed by atoms with Crippen LogP contribution in [-0.4, -0.2) is 40.2 Å². The summed E-state index contributed by atoms with van der Waals surface area (Å²) in [6.07, 6.45) is 1.94. The third-order valence-electron chi connectivity index (χ3n) is 4.00. The average Bonchev–Trinajstić information content (AvgIpc) is 2.51. The molecule has 0 heterocycles. The molecule has 0 fully saturated rings. The molecule has 4 N–H and O–H groups in total. The minimum Gasteiger partial charge on any atom is -0.480 e. The molecule has 0 aliphatic heterocycles. The summed E-state index contributed by atoms with van der Waals surface area (Å²) in [6, 6.07) is 5.82. The Bertz CT molecular complexity index is 544. The summed E-state index contributed by atoms with van der Waals surface area (Å²) in [5.41, 5.74) is 1.28. The molecule has 1 rings (SSSR count). The molecule has 0 radical (unpaired) electrons. The maximum Gasteiger partial charge on any atom is 0.488 e. The zero-order valence-corrected chi connectivity index (χ0v) is 14.4. The number of carboxylic acids is 1. The first-order valence-electron chi connectivity index (χ1n) is 8.24. The van der Waals surface area contributed by atoms with E-state index < -0.39 is 19.1 Å². The van der Waals surface area contributed by atoms with E-state index in [-0.39, 0.29) is 17.7 Å². The van der Waals surface area contributed by atoms with Gasteiger partial charge in [-0.25, -0.2) is 4.79 Å². The lowest BCUT2D eigenvalue weighted by molar-refractivity contribution is -0.143. The van der Waals surface area contributed by atoms with E-state index in [0.29, 0.717) is 18.3 Å². The van der Waals surface area contributed by atoms with Crippen LogP contribution in [-0.2, 0) is 16.0 Å². The van der Waals surface area contributed by atoms with Gasteiger partial charge in [0.1, 0.15) is 6.04 Å². The van der Waals surface area contributed by atoms with Gasteiger partial charge in [0, 0.05) is 5.92 Å². The zero-order valence-electron chi connectivity index (χ0n) is 14.4. The Labute approximate surface area is 143 Å². The predicted octanol–water partition coefficient (Wildman–Crippen LogP) is 0.551. The Hall–Kier alpha value is -1.86. The highest BCUT2D eigenvalue weighted by Gasteiger charge is 2.27. The fraction of sp³-hybridized carbons (Fsp3) is 0.529. The van der Waals surface area contributed by atoms with Crippen LogP contribution >= 0.6 is 0 Å². The standard InChI is InChI=1S/C17H26BNO5/c1-4-5-13(16(20)19-15(11(2)3)17(21)22)10-12-6-8-14(9-7-12)18(23)24/h6-9,11,13,15,23-24H,4-5,10H2,1-3H3,(H,19,20)(H,21,22)/t13?,15-/m0/s1. The molecule has 1 aromatic carbocycles. The molecule has 0 bridgehead atoms. The molecule has 0 aliphatic rings. The van der Waals surface area contributed by atoms with E-state index in [9.17, 15) is 14.7 Å². The second-order valence-corrected chi connectivity index (χ2v) is 6.37. The van der Waals surface area contributed by atoms with Gasteiger partial charge in [-0.15, -0.1) is 0 Å². The number of benzene rings is 1. The summed E-state index contributed by atoms with van der Waals surface area (Å²) < 4.78 is 0. The maximum atomic E-state index is 12.5. The van der Waals surface area contributed by atoms with Crippen LogP contribution in [0.5, 0.6) is 0 Å². The van der Waals surface area contributed by atoms with Crippen LogP contribution in [0.2, 0.25) is 0 Å². The Morgan fingerprint density at radius 3 is 2.17 bits per heavy atom. The third-order valence-corrected chi connectivity index (χ3v) is 4.00. The zero-order chi connectivity index (χ0) is 18.3. The van der Waals surface area contributed by atoms with Gasteiger partial charge in [-0.1, -0.05) is 51.5 Å². The molecule has 0 spiro atoms. The highest BCUT2D eigenvalue weighted by atomic mass is 16.4. The van der Waals surface area contributed by atoms with Crippen molar-refractivity contribution in [2.24, 2.45) is 11.8 Å². The molecule has 2 atom stereocenters. The highest BCUT2D eigenvalue weighted by Crippen LogP contribution is 2.15. The van der Waals surface area contributed by atoms with Crippen LogP contribution in [0, 0.1) is 11.8 Å². The first-order chi connectivity index (χ1) is 11.3. The van der Waals surface area contributed by atoms with Crippen LogP contribution in [0.3, 0.4) is 0 Å². The van der Waals surface area contributed by atoms with Crippen molar-refractivity contribution in [3.8, 4) is 0 Å². The van der Waals surface area contributed by atoms with Gasteiger partial charge in [0.15, 0.2) is 0 Å². The lowest BCUT2D eigenvalue weighted by Gasteiger charge is -2.22. The number of hydrogen-bond acceptors (Lipinski definition) is 4. The quantitative estimate of drug-likeness (QED) is 0.493. The third kappa shape index (κ3) is 5.98. The lowest BCUT2D eigenvalue weighted by atomic mass is 9.79. The Kier molecular flexibility index (Phi) is 7.94. The molecule has 1 amide bonds. The van der Waals surface area contributed by atoms with Gasteiger partial charge in [-0.3, -0.25) is 4.79 Å². The largest absolute Gasteiger partial charge is 0.488 e. The summed E-state index contributed by atoms with van der Waals surface area (Å²) in [6.45, 7) is 5.49. The van der Waals surface area contributed by atoms with Crippen molar-refractivity contribution in [2.45, 2.75) is 46.1 Å². The van der Waals surface area contributed by atoms with E-state index in [1.807, 2.05) is 6.92 Å². The predicted molar refractivity (Wildman–Crippen MR) is 92.8 cm³/mol. The van der Waals surface area contributed by atoms with Crippen molar-refractivity contribution in [3.63, 3.8) is 0 Å². The van der Waals surface area contributed by atoms with Crippen LogP contribution in [0.25, 0.3) is 0 Å². The van der Waals surface area contributed by atoms with Crippen LogP contribution in [0.4, 0.5) is 0 Å². The molecule has 7 heteroatoms. The molecule has 1 aromatic rings. The summed E-state index contributed by atoms with van der Waals surface area (Å²) in [5.74, 6) is -1.81. The topological polar surface area (TPSA) is 107 Å². The molecule has 24 heavy (non-hydrogen) atoms. The Morgan fingerprint density at radius 1 is 1.17 bits per heavy atom. The molecular weight excluding hydrogens is 309 g/mol. The first-order valence-corrected chi connectivity index (χ1v) is 8.24.